The molecule has 16 heavy (non-hydrogen) atoms. The number of carbonyl (C=O) groups excluding carboxylic acids is 1. The van der Waals surface area contributed by atoms with E-state index >= 15 is 0 Å². The van der Waals surface area contributed by atoms with E-state index in [-0.39, 0.29) is 12.6 Å². The fourth-order valence-corrected chi connectivity index (χ4v) is 1.31. The van der Waals surface area contributed by atoms with Crippen LogP contribution < -0.4 is 10.1 Å². The molecule has 0 spiro atoms. The Labute approximate surface area is 95.6 Å². The molecule has 0 aliphatic carbocycles. The van der Waals surface area contributed by atoms with Gasteiger partial charge in [-0.15, -0.1) is 0 Å². The highest BCUT2D eigenvalue weighted by Crippen LogP contribution is 2.21. The number of aryl methyl sites for hydroxylation is 1. The Bertz CT molecular complexity index is 363. The fraction of sp³-hybridized carbons (Fsp3) is 0.417. The number of nitrogens with one attached hydrogen (secondary N) is 1. The van der Waals surface area contributed by atoms with Gasteiger partial charge in [0.25, 0.3) is 0 Å². The molecule has 4 heteroatoms. The molecule has 1 rings (SSSR count). The summed E-state index contributed by atoms with van der Waals surface area (Å²) in [4.78, 5) is 11.1. The van der Waals surface area contributed by atoms with Gasteiger partial charge in [-0.1, -0.05) is 0 Å². The van der Waals surface area contributed by atoms with E-state index in [4.69, 9.17) is 9.47 Å². The first-order chi connectivity index (χ1) is 7.67. The van der Waals surface area contributed by atoms with Crippen molar-refractivity contribution in [3.63, 3.8) is 0 Å². The summed E-state index contributed by atoms with van der Waals surface area (Å²) in [7, 11) is 1.86. The molecule has 0 fully saturated rings. The van der Waals surface area contributed by atoms with Gasteiger partial charge in [0, 0.05) is 12.7 Å². The summed E-state index contributed by atoms with van der Waals surface area (Å²) in [5.41, 5.74) is 2.00. The third kappa shape index (κ3) is 3.46. The molecule has 1 aromatic rings. The van der Waals surface area contributed by atoms with Gasteiger partial charge in [0.2, 0.25) is 0 Å². The van der Waals surface area contributed by atoms with E-state index in [9.17, 15) is 4.79 Å². The van der Waals surface area contributed by atoms with Crippen molar-refractivity contribution in [3.8, 4) is 5.75 Å². The van der Waals surface area contributed by atoms with Crippen molar-refractivity contribution in [2.45, 2.75) is 13.8 Å². The monoisotopic (exact) mass is 223 g/mol. The van der Waals surface area contributed by atoms with Crippen LogP contribution in [0.2, 0.25) is 0 Å². The van der Waals surface area contributed by atoms with Gasteiger partial charge in [0.15, 0.2) is 6.61 Å². The first-order valence-corrected chi connectivity index (χ1v) is 5.24. The predicted molar refractivity (Wildman–Crippen MR) is 62.9 cm³/mol. The minimum Gasteiger partial charge on any atom is -0.482 e. The Hall–Kier alpha value is -1.71. The van der Waals surface area contributed by atoms with Gasteiger partial charge in [-0.3, -0.25) is 0 Å². The van der Waals surface area contributed by atoms with Gasteiger partial charge in [-0.2, -0.15) is 0 Å². The van der Waals surface area contributed by atoms with Crippen molar-refractivity contribution in [2.75, 3.05) is 25.6 Å². The average Bonchev–Trinajstić information content (AvgIpc) is 2.27. The first-order valence-electron chi connectivity index (χ1n) is 5.24. The van der Waals surface area contributed by atoms with E-state index in [1.165, 1.54) is 0 Å². The summed E-state index contributed by atoms with van der Waals surface area (Å²) < 4.78 is 10.1. The summed E-state index contributed by atoms with van der Waals surface area (Å²) in [6, 6.07) is 5.69. The Morgan fingerprint density at radius 1 is 1.44 bits per heavy atom. The molecular formula is C12H17NO3. The van der Waals surface area contributed by atoms with E-state index in [0.29, 0.717) is 12.4 Å². The summed E-state index contributed by atoms with van der Waals surface area (Å²) in [5.74, 6) is 0.353. The van der Waals surface area contributed by atoms with Crippen LogP contribution in [0.1, 0.15) is 12.5 Å². The molecule has 0 saturated heterocycles. The third-order valence-corrected chi connectivity index (χ3v) is 2.11. The lowest BCUT2D eigenvalue weighted by Gasteiger charge is -2.09. The highest BCUT2D eigenvalue weighted by Gasteiger charge is 2.05. The van der Waals surface area contributed by atoms with Gasteiger partial charge < -0.3 is 14.8 Å². The smallest absolute Gasteiger partial charge is 0.344 e. The van der Waals surface area contributed by atoms with Crippen LogP contribution in [0.5, 0.6) is 5.75 Å². The number of benzene rings is 1. The Kier molecular flexibility index (Phi) is 4.64. The summed E-state index contributed by atoms with van der Waals surface area (Å²) in [6.07, 6.45) is 0. The van der Waals surface area contributed by atoms with E-state index in [1.807, 2.05) is 32.2 Å². The second-order valence-electron chi connectivity index (χ2n) is 3.32. The molecule has 0 heterocycles. The molecule has 0 aliphatic rings. The maximum absolute atomic E-state index is 11.1. The lowest BCUT2D eigenvalue weighted by Crippen LogP contribution is -2.14. The highest BCUT2D eigenvalue weighted by atomic mass is 16.6. The molecule has 4 nitrogen and oxygen atoms in total. The van der Waals surface area contributed by atoms with Crippen LogP contribution in [-0.4, -0.2) is 26.2 Å². The van der Waals surface area contributed by atoms with Crippen molar-refractivity contribution in [2.24, 2.45) is 0 Å². The molecule has 0 aliphatic heterocycles. The molecule has 1 aromatic carbocycles. The number of hydrogen-bond donors (Lipinski definition) is 1. The Balaban J connectivity index is 2.57. The molecular weight excluding hydrogens is 206 g/mol. The van der Waals surface area contributed by atoms with Crippen LogP contribution in [0, 0.1) is 6.92 Å². The SMILES string of the molecule is CCOC(=O)COc1ccc(NC)cc1C. The topological polar surface area (TPSA) is 47.6 Å². The number of anilines is 1. The van der Waals surface area contributed by atoms with E-state index in [2.05, 4.69) is 5.32 Å². The summed E-state index contributed by atoms with van der Waals surface area (Å²) >= 11 is 0. The van der Waals surface area contributed by atoms with Gasteiger partial charge in [0.05, 0.1) is 6.61 Å². The van der Waals surface area contributed by atoms with E-state index in [0.717, 1.165) is 11.3 Å². The molecule has 0 amide bonds. The second kappa shape index (κ2) is 6.00. The zero-order valence-electron chi connectivity index (χ0n) is 9.87. The molecule has 0 radical (unpaired) electrons. The Morgan fingerprint density at radius 2 is 2.19 bits per heavy atom. The lowest BCUT2D eigenvalue weighted by atomic mass is 10.2. The molecule has 1 N–H and O–H groups in total. The van der Waals surface area contributed by atoms with Crippen LogP contribution in [0.4, 0.5) is 5.69 Å². The average molecular weight is 223 g/mol. The van der Waals surface area contributed by atoms with Crippen LogP contribution in [0.3, 0.4) is 0 Å². The number of hydrogen-bond acceptors (Lipinski definition) is 4. The number of rotatable bonds is 5. The second-order valence-corrected chi connectivity index (χ2v) is 3.32. The zero-order chi connectivity index (χ0) is 12.0. The number of ether oxygens (including phenoxy) is 2. The standard InChI is InChI=1S/C12H17NO3/c1-4-15-12(14)8-16-11-6-5-10(13-3)7-9(11)2/h5-7,13H,4,8H2,1-3H3. The van der Waals surface area contributed by atoms with Crippen LogP contribution >= 0.6 is 0 Å². The molecule has 0 atom stereocenters. The largest absolute Gasteiger partial charge is 0.482 e. The minimum atomic E-state index is -0.348. The van der Waals surface area contributed by atoms with Crippen molar-refractivity contribution in [1.82, 2.24) is 0 Å². The molecule has 0 aromatic heterocycles. The maximum atomic E-state index is 11.1. The maximum Gasteiger partial charge on any atom is 0.344 e. The normalized spacial score (nSPS) is 9.69. The van der Waals surface area contributed by atoms with Crippen molar-refractivity contribution in [3.05, 3.63) is 23.8 Å². The van der Waals surface area contributed by atoms with Gasteiger partial charge >= 0.3 is 5.97 Å². The number of carbonyl (C=O) groups is 1. The predicted octanol–water partition coefficient (Wildman–Crippen LogP) is 1.98. The lowest BCUT2D eigenvalue weighted by molar-refractivity contribution is -0.145. The van der Waals surface area contributed by atoms with Crippen molar-refractivity contribution >= 4 is 11.7 Å². The van der Waals surface area contributed by atoms with Gasteiger partial charge in [-0.05, 0) is 37.6 Å². The van der Waals surface area contributed by atoms with Crippen molar-refractivity contribution < 1.29 is 14.3 Å². The quantitative estimate of drug-likeness (QED) is 0.775. The van der Waals surface area contributed by atoms with Gasteiger partial charge in [-0.25, -0.2) is 4.79 Å². The number of esters is 1. The molecule has 0 bridgehead atoms. The summed E-state index contributed by atoms with van der Waals surface area (Å²) in [6.45, 7) is 4.03. The molecule has 0 saturated carbocycles. The zero-order valence-corrected chi connectivity index (χ0v) is 9.87. The van der Waals surface area contributed by atoms with Crippen LogP contribution in [0.25, 0.3) is 0 Å². The first kappa shape index (κ1) is 12.4. The highest BCUT2D eigenvalue weighted by molar-refractivity contribution is 5.71. The summed E-state index contributed by atoms with van der Waals surface area (Å²) in [5, 5.41) is 3.03. The van der Waals surface area contributed by atoms with E-state index < -0.39 is 0 Å². The van der Waals surface area contributed by atoms with Gasteiger partial charge in [0.1, 0.15) is 5.75 Å². The van der Waals surface area contributed by atoms with Crippen LogP contribution in [-0.2, 0) is 9.53 Å². The third-order valence-electron chi connectivity index (χ3n) is 2.11. The Morgan fingerprint density at radius 3 is 2.75 bits per heavy atom. The van der Waals surface area contributed by atoms with Crippen LogP contribution in [0.15, 0.2) is 18.2 Å². The van der Waals surface area contributed by atoms with E-state index in [1.54, 1.807) is 6.92 Å². The molecule has 0 unspecified atom stereocenters. The fourth-order valence-electron chi connectivity index (χ4n) is 1.31. The molecule has 88 valence electrons. The minimum absolute atomic E-state index is 0.0480. The van der Waals surface area contributed by atoms with Crippen molar-refractivity contribution in [1.29, 1.82) is 0 Å².